The molecule has 0 amide bonds. The first-order chi connectivity index (χ1) is 41.0. The number of carbonyl (C=O) groups is 3. The Bertz CT molecular complexity index is 1700. The standard InChI is InChI=1S/C77H130O6/c1-4-7-10-13-16-19-22-25-28-31-33-35-36-37-38-39-40-42-43-46-49-52-55-58-61-64-67-70-76(79)82-73-74(72-81-75(78)69-66-63-60-57-54-51-48-45-30-27-24-21-18-15-12-9-6-3)83-77(80)71-68-65-62-59-56-53-50-47-44-41-34-32-29-26-23-20-17-14-11-8-5-2/h8-9,11-12,17-18,20-21,26-27,29-31,33-34,41,47-48,50-51,74H,4-7,10,13-16,19,22-25,28,32,35-40,42-46,49,52-73H2,1-3H3/b11-8-,12-9-,20-17-,21-18-,29-26-,30-27-,33-31-,41-34-,50-47-,51-48-. The van der Waals surface area contributed by atoms with Crippen LogP contribution in [0.5, 0.6) is 0 Å². The minimum atomic E-state index is -0.804. The van der Waals surface area contributed by atoms with Crippen LogP contribution in [-0.2, 0) is 28.6 Å². The number of unbranched alkanes of at least 4 members (excludes halogenated alkanes) is 32. The van der Waals surface area contributed by atoms with Crippen LogP contribution in [0.1, 0.15) is 329 Å². The summed E-state index contributed by atoms with van der Waals surface area (Å²) in [6.45, 7) is 6.41. The molecule has 0 aliphatic heterocycles. The Morgan fingerprint density at radius 2 is 0.470 bits per heavy atom. The van der Waals surface area contributed by atoms with E-state index in [0.29, 0.717) is 19.3 Å². The molecule has 0 spiro atoms. The minimum absolute atomic E-state index is 0.0950. The third-order valence-electron chi connectivity index (χ3n) is 14.9. The van der Waals surface area contributed by atoms with Crippen molar-refractivity contribution in [3.8, 4) is 0 Å². The Morgan fingerprint density at radius 1 is 0.253 bits per heavy atom. The molecule has 0 aliphatic carbocycles. The van der Waals surface area contributed by atoms with E-state index in [1.54, 1.807) is 0 Å². The summed E-state index contributed by atoms with van der Waals surface area (Å²) in [5, 5.41) is 0. The molecule has 0 saturated carbocycles. The van der Waals surface area contributed by atoms with E-state index < -0.39 is 6.10 Å². The Balaban J connectivity index is 4.38. The molecule has 0 heterocycles. The molecule has 0 bridgehead atoms. The predicted octanol–water partition coefficient (Wildman–Crippen LogP) is 24.3. The summed E-state index contributed by atoms with van der Waals surface area (Å²) < 4.78 is 17.0. The largest absolute Gasteiger partial charge is 0.462 e. The lowest BCUT2D eigenvalue weighted by atomic mass is 10.0. The number of esters is 3. The third kappa shape index (κ3) is 68.5. The van der Waals surface area contributed by atoms with Crippen molar-refractivity contribution in [2.45, 2.75) is 335 Å². The molecular formula is C77H130O6. The van der Waals surface area contributed by atoms with E-state index in [2.05, 4.69) is 142 Å². The van der Waals surface area contributed by atoms with E-state index in [0.717, 1.165) is 148 Å². The van der Waals surface area contributed by atoms with E-state index in [1.165, 1.54) is 141 Å². The van der Waals surface area contributed by atoms with E-state index >= 15 is 0 Å². The van der Waals surface area contributed by atoms with Crippen molar-refractivity contribution in [3.63, 3.8) is 0 Å². The van der Waals surface area contributed by atoms with Crippen molar-refractivity contribution in [1.29, 1.82) is 0 Å². The van der Waals surface area contributed by atoms with Crippen molar-refractivity contribution >= 4 is 17.9 Å². The minimum Gasteiger partial charge on any atom is -0.462 e. The van der Waals surface area contributed by atoms with Crippen LogP contribution in [0.25, 0.3) is 0 Å². The van der Waals surface area contributed by atoms with Gasteiger partial charge in [0.2, 0.25) is 0 Å². The van der Waals surface area contributed by atoms with Gasteiger partial charge in [-0.25, -0.2) is 0 Å². The number of hydrogen-bond donors (Lipinski definition) is 0. The van der Waals surface area contributed by atoms with Crippen molar-refractivity contribution in [2.24, 2.45) is 0 Å². The Kier molecular flexibility index (Phi) is 66.7. The molecule has 474 valence electrons. The highest BCUT2D eigenvalue weighted by atomic mass is 16.6. The van der Waals surface area contributed by atoms with Gasteiger partial charge in [-0.05, 0) is 128 Å². The van der Waals surface area contributed by atoms with Crippen LogP contribution in [-0.4, -0.2) is 37.2 Å². The summed E-state index contributed by atoms with van der Waals surface area (Å²) in [6, 6.07) is 0. The molecule has 0 aliphatic rings. The van der Waals surface area contributed by atoms with Crippen LogP contribution in [0.15, 0.2) is 122 Å². The smallest absolute Gasteiger partial charge is 0.306 e. The van der Waals surface area contributed by atoms with Crippen LogP contribution in [0.2, 0.25) is 0 Å². The van der Waals surface area contributed by atoms with Crippen LogP contribution in [0.3, 0.4) is 0 Å². The zero-order valence-electron chi connectivity index (χ0n) is 54.4. The van der Waals surface area contributed by atoms with Gasteiger partial charge >= 0.3 is 17.9 Å². The molecule has 0 aromatic carbocycles. The molecule has 6 heteroatoms. The number of ether oxygens (including phenoxy) is 3. The van der Waals surface area contributed by atoms with Crippen LogP contribution >= 0.6 is 0 Å². The molecule has 0 saturated heterocycles. The molecule has 0 fully saturated rings. The number of rotatable bonds is 63. The van der Waals surface area contributed by atoms with Gasteiger partial charge in [0.25, 0.3) is 0 Å². The topological polar surface area (TPSA) is 78.9 Å². The summed E-state index contributed by atoms with van der Waals surface area (Å²) in [5.41, 5.74) is 0. The summed E-state index contributed by atoms with van der Waals surface area (Å²) in [6.07, 6.45) is 97.9. The summed E-state index contributed by atoms with van der Waals surface area (Å²) in [7, 11) is 0. The quantitative estimate of drug-likeness (QED) is 0.0261. The van der Waals surface area contributed by atoms with Crippen molar-refractivity contribution in [2.75, 3.05) is 13.2 Å². The summed E-state index contributed by atoms with van der Waals surface area (Å²) in [5.74, 6) is -0.929. The second-order valence-corrected chi connectivity index (χ2v) is 23.0. The zero-order chi connectivity index (χ0) is 59.9. The molecule has 6 nitrogen and oxygen atoms in total. The fourth-order valence-corrected chi connectivity index (χ4v) is 9.75. The summed E-state index contributed by atoms with van der Waals surface area (Å²) >= 11 is 0. The first-order valence-corrected chi connectivity index (χ1v) is 35.0. The Hall–Kier alpha value is -4.19. The van der Waals surface area contributed by atoms with E-state index in [4.69, 9.17) is 14.2 Å². The van der Waals surface area contributed by atoms with Crippen molar-refractivity contribution in [1.82, 2.24) is 0 Å². The lowest BCUT2D eigenvalue weighted by Gasteiger charge is -2.18. The Morgan fingerprint density at radius 3 is 0.747 bits per heavy atom. The maximum atomic E-state index is 13.0. The molecule has 0 aromatic rings. The fraction of sp³-hybridized carbons (Fsp3) is 0.701. The van der Waals surface area contributed by atoms with E-state index in [9.17, 15) is 14.4 Å². The third-order valence-corrected chi connectivity index (χ3v) is 14.9. The SMILES string of the molecule is CC/C=C\C/C=C\C/C=C\C/C=C\C/C=C\CCCCCCCC(=O)OC(COC(=O)CCCCCC/C=C\C/C=C\C/C=C\C/C=C\CC)COC(=O)CCCCCCCCCCCCCCCCC/C=C\CCCCCCCCCC. The van der Waals surface area contributed by atoms with Crippen molar-refractivity contribution < 1.29 is 28.6 Å². The van der Waals surface area contributed by atoms with Gasteiger partial charge in [0, 0.05) is 19.3 Å². The van der Waals surface area contributed by atoms with Gasteiger partial charge in [0.1, 0.15) is 13.2 Å². The van der Waals surface area contributed by atoms with Gasteiger partial charge in [-0.1, -0.05) is 303 Å². The molecular weight excluding hydrogens is 1020 g/mol. The second-order valence-electron chi connectivity index (χ2n) is 23.0. The average Bonchev–Trinajstić information content (AvgIpc) is 3.50. The fourth-order valence-electron chi connectivity index (χ4n) is 9.75. The molecule has 0 aromatic heterocycles. The Labute approximate surface area is 513 Å². The molecule has 1 atom stereocenters. The average molecular weight is 1150 g/mol. The lowest BCUT2D eigenvalue weighted by molar-refractivity contribution is -0.167. The van der Waals surface area contributed by atoms with E-state index in [-0.39, 0.29) is 31.1 Å². The normalized spacial score (nSPS) is 12.9. The van der Waals surface area contributed by atoms with Gasteiger partial charge in [0.15, 0.2) is 6.10 Å². The number of allylic oxidation sites excluding steroid dienone is 20. The number of hydrogen-bond acceptors (Lipinski definition) is 6. The highest BCUT2D eigenvalue weighted by Crippen LogP contribution is 2.17. The van der Waals surface area contributed by atoms with Gasteiger partial charge in [0.05, 0.1) is 0 Å². The van der Waals surface area contributed by atoms with E-state index in [1.807, 2.05) is 0 Å². The number of carbonyl (C=O) groups excluding carboxylic acids is 3. The highest BCUT2D eigenvalue weighted by Gasteiger charge is 2.19. The first kappa shape index (κ1) is 78.8. The van der Waals surface area contributed by atoms with Crippen LogP contribution < -0.4 is 0 Å². The molecule has 83 heavy (non-hydrogen) atoms. The van der Waals surface area contributed by atoms with Crippen LogP contribution in [0, 0.1) is 0 Å². The maximum absolute atomic E-state index is 13.0. The first-order valence-electron chi connectivity index (χ1n) is 35.0. The van der Waals surface area contributed by atoms with Crippen LogP contribution in [0.4, 0.5) is 0 Å². The van der Waals surface area contributed by atoms with Gasteiger partial charge in [-0.15, -0.1) is 0 Å². The van der Waals surface area contributed by atoms with Crippen molar-refractivity contribution in [3.05, 3.63) is 122 Å². The highest BCUT2D eigenvalue weighted by molar-refractivity contribution is 5.71. The van der Waals surface area contributed by atoms with Gasteiger partial charge in [-0.3, -0.25) is 14.4 Å². The maximum Gasteiger partial charge on any atom is 0.306 e. The van der Waals surface area contributed by atoms with Gasteiger partial charge < -0.3 is 14.2 Å². The zero-order valence-corrected chi connectivity index (χ0v) is 54.4. The van der Waals surface area contributed by atoms with Gasteiger partial charge in [-0.2, -0.15) is 0 Å². The molecule has 1 unspecified atom stereocenters. The lowest BCUT2D eigenvalue weighted by Crippen LogP contribution is -2.30. The molecule has 0 N–H and O–H groups in total. The molecule has 0 rings (SSSR count). The molecule has 0 radical (unpaired) electrons. The monoisotopic (exact) mass is 1150 g/mol. The summed E-state index contributed by atoms with van der Waals surface area (Å²) in [4.78, 5) is 38.5. The second kappa shape index (κ2) is 70.3. The predicted molar refractivity (Wildman–Crippen MR) is 362 cm³/mol.